The van der Waals surface area contributed by atoms with Crippen LogP contribution in [0.4, 0.5) is 0 Å². The second kappa shape index (κ2) is 6.61. The Hall–Kier alpha value is -0.0300. The van der Waals surface area contributed by atoms with Crippen LogP contribution in [0.5, 0.6) is 5.75 Å². The molecule has 0 N–H and O–H groups in total. The van der Waals surface area contributed by atoms with Crippen molar-refractivity contribution in [2.24, 2.45) is 0 Å². The van der Waals surface area contributed by atoms with Crippen molar-refractivity contribution >= 4 is 59.4 Å². The summed E-state index contributed by atoms with van der Waals surface area (Å²) in [6, 6.07) is 11.7. The van der Waals surface area contributed by atoms with E-state index in [1.165, 1.54) is 0 Å². The lowest BCUT2D eigenvalue weighted by atomic mass is 10.0. The molecular formula is C14H10Br3ClO. The lowest BCUT2D eigenvalue weighted by Gasteiger charge is -2.16. The van der Waals surface area contributed by atoms with Crippen LogP contribution in [0, 0.1) is 0 Å². The molecule has 0 aliphatic heterocycles. The molecule has 100 valence electrons. The monoisotopic (exact) mass is 466 g/mol. The second-order valence-electron chi connectivity index (χ2n) is 3.91. The maximum atomic E-state index is 5.99. The molecule has 0 radical (unpaired) electrons. The first kappa shape index (κ1) is 15.4. The van der Waals surface area contributed by atoms with Gasteiger partial charge in [-0.05, 0) is 35.9 Å². The van der Waals surface area contributed by atoms with Gasteiger partial charge < -0.3 is 4.74 Å². The lowest BCUT2D eigenvalue weighted by Crippen LogP contribution is -1.98. The Kier molecular flexibility index (Phi) is 5.35. The van der Waals surface area contributed by atoms with Crippen LogP contribution >= 0.6 is 59.4 Å². The van der Waals surface area contributed by atoms with Gasteiger partial charge in [-0.1, -0.05) is 65.5 Å². The molecule has 19 heavy (non-hydrogen) atoms. The highest BCUT2D eigenvalue weighted by atomic mass is 79.9. The zero-order chi connectivity index (χ0) is 14.0. The summed E-state index contributed by atoms with van der Waals surface area (Å²) in [4.78, 5) is 0.0200. The second-order valence-corrected chi connectivity index (χ2v) is 7.04. The molecule has 0 aromatic heterocycles. The molecule has 0 aliphatic carbocycles. The third kappa shape index (κ3) is 3.54. The van der Waals surface area contributed by atoms with Gasteiger partial charge in [0.1, 0.15) is 5.75 Å². The summed E-state index contributed by atoms with van der Waals surface area (Å²) in [5, 5.41) is 0.661. The number of hydrogen-bond acceptors (Lipinski definition) is 1. The normalized spacial score (nSPS) is 12.3. The quantitative estimate of drug-likeness (QED) is 0.476. The number of halogens is 4. The number of ether oxygens (including phenoxy) is 1. The summed E-state index contributed by atoms with van der Waals surface area (Å²) in [6.45, 7) is 0. The van der Waals surface area contributed by atoms with Crippen molar-refractivity contribution in [1.29, 1.82) is 0 Å². The van der Waals surface area contributed by atoms with E-state index in [1.54, 1.807) is 7.11 Å². The summed E-state index contributed by atoms with van der Waals surface area (Å²) in [5.74, 6) is 0.765. The Morgan fingerprint density at radius 1 is 1.05 bits per heavy atom. The van der Waals surface area contributed by atoms with Gasteiger partial charge in [0.2, 0.25) is 0 Å². The van der Waals surface area contributed by atoms with Crippen molar-refractivity contribution in [3.8, 4) is 5.75 Å². The fourth-order valence-corrected chi connectivity index (χ4v) is 3.85. The Morgan fingerprint density at radius 2 is 1.79 bits per heavy atom. The highest BCUT2D eigenvalue weighted by Gasteiger charge is 2.18. The minimum absolute atomic E-state index is 0.0200. The molecule has 2 aromatic rings. The van der Waals surface area contributed by atoms with Gasteiger partial charge in [-0.3, -0.25) is 0 Å². The molecule has 0 saturated carbocycles. The minimum atomic E-state index is 0.0200. The van der Waals surface area contributed by atoms with Crippen LogP contribution in [-0.4, -0.2) is 7.11 Å². The average Bonchev–Trinajstić information content (AvgIpc) is 2.40. The SMILES string of the molecule is COc1cc(Cl)ccc1C(Br)c1cc(Br)ccc1Br. The van der Waals surface area contributed by atoms with E-state index >= 15 is 0 Å². The fraction of sp³-hybridized carbons (Fsp3) is 0.143. The van der Waals surface area contributed by atoms with Gasteiger partial charge in [0.25, 0.3) is 0 Å². The first-order valence-corrected chi connectivity index (χ1v) is 8.33. The third-order valence-electron chi connectivity index (χ3n) is 2.70. The van der Waals surface area contributed by atoms with Crippen LogP contribution in [-0.2, 0) is 0 Å². The Labute approximate surface area is 142 Å². The van der Waals surface area contributed by atoms with Crippen molar-refractivity contribution < 1.29 is 4.74 Å². The van der Waals surface area contributed by atoms with Crippen LogP contribution in [0.2, 0.25) is 5.02 Å². The Bertz CT molecular complexity index is 601. The number of benzene rings is 2. The van der Waals surface area contributed by atoms with Crippen LogP contribution in [0.1, 0.15) is 16.0 Å². The van der Waals surface area contributed by atoms with Gasteiger partial charge in [0.05, 0.1) is 11.9 Å². The van der Waals surface area contributed by atoms with E-state index in [1.807, 2.05) is 30.3 Å². The zero-order valence-corrected chi connectivity index (χ0v) is 15.5. The van der Waals surface area contributed by atoms with Gasteiger partial charge in [-0.15, -0.1) is 0 Å². The summed E-state index contributed by atoms with van der Waals surface area (Å²) < 4.78 is 7.46. The van der Waals surface area contributed by atoms with E-state index in [2.05, 4.69) is 53.9 Å². The standard InChI is InChI=1S/C14H10Br3ClO/c1-19-13-7-9(18)3-4-10(13)14(17)11-6-8(15)2-5-12(11)16/h2-7,14H,1H3. The molecule has 0 saturated heterocycles. The van der Waals surface area contributed by atoms with E-state index in [0.29, 0.717) is 5.02 Å². The van der Waals surface area contributed by atoms with Crippen molar-refractivity contribution in [2.45, 2.75) is 4.83 Å². The molecule has 1 atom stereocenters. The highest BCUT2D eigenvalue weighted by Crippen LogP contribution is 2.41. The lowest BCUT2D eigenvalue weighted by molar-refractivity contribution is 0.410. The van der Waals surface area contributed by atoms with Crippen molar-refractivity contribution in [3.63, 3.8) is 0 Å². The molecule has 0 aliphatic rings. The number of methoxy groups -OCH3 is 1. The van der Waals surface area contributed by atoms with Gasteiger partial charge in [0.15, 0.2) is 0 Å². The van der Waals surface area contributed by atoms with Crippen molar-refractivity contribution in [2.75, 3.05) is 7.11 Å². The molecule has 1 nitrogen and oxygen atoms in total. The van der Waals surface area contributed by atoms with Gasteiger partial charge in [0, 0.05) is 19.5 Å². The van der Waals surface area contributed by atoms with E-state index in [9.17, 15) is 0 Å². The summed E-state index contributed by atoms with van der Waals surface area (Å²) >= 11 is 16.8. The van der Waals surface area contributed by atoms with E-state index in [0.717, 1.165) is 25.8 Å². The van der Waals surface area contributed by atoms with Crippen LogP contribution < -0.4 is 4.74 Å². The van der Waals surface area contributed by atoms with E-state index in [4.69, 9.17) is 16.3 Å². The molecule has 0 heterocycles. The van der Waals surface area contributed by atoms with Crippen LogP contribution in [0.3, 0.4) is 0 Å². The molecule has 0 fully saturated rings. The average molecular weight is 469 g/mol. The van der Waals surface area contributed by atoms with Gasteiger partial charge >= 0.3 is 0 Å². The number of rotatable bonds is 3. The number of hydrogen-bond donors (Lipinski definition) is 0. The van der Waals surface area contributed by atoms with E-state index in [-0.39, 0.29) is 4.83 Å². The van der Waals surface area contributed by atoms with Gasteiger partial charge in [-0.2, -0.15) is 0 Å². The molecule has 0 spiro atoms. The smallest absolute Gasteiger partial charge is 0.125 e. The van der Waals surface area contributed by atoms with Crippen molar-refractivity contribution in [1.82, 2.24) is 0 Å². The van der Waals surface area contributed by atoms with E-state index < -0.39 is 0 Å². The Balaban J connectivity index is 2.49. The van der Waals surface area contributed by atoms with Crippen molar-refractivity contribution in [3.05, 3.63) is 61.5 Å². The topological polar surface area (TPSA) is 9.23 Å². The molecule has 5 heteroatoms. The maximum absolute atomic E-state index is 5.99. The first-order chi connectivity index (χ1) is 9.02. The molecule has 2 aromatic carbocycles. The first-order valence-electron chi connectivity index (χ1n) is 5.45. The zero-order valence-electron chi connectivity index (χ0n) is 9.96. The summed E-state index contributed by atoms with van der Waals surface area (Å²) in [5.41, 5.74) is 2.15. The molecule has 0 amide bonds. The number of alkyl halides is 1. The predicted octanol–water partition coefficient (Wildman–Crippen LogP) is 6.36. The molecule has 1 unspecified atom stereocenters. The minimum Gasteiger partial charge on any atom is -0.496 e. The highest BCUT2D eigenvalue weighted by molar-refractivity contribution is 9.11. The molecular weight excluding hydrogens is 459 g/mol. The maximum Gasteiger partial charge on any atom is 0.125 e. The fourth-order valence-electron chi connectivity index (χ4n) is 1.77. The largest absolute Gasteiger partial charge is 0.496 e. The third-order valence-corrected chi connectivity index (χ3v) is 5.14. The van der Waals surface area contributed by atoms with Crippen LogP contribution in [0.25, 0.3) is 0 Å². The predicted molar refractivity (Wildman–Crippen MR) is 90.6 cm³/mol. The molecule has 2 rings (SSSR count). The molecule has 0 bridgehead atoms. The summed E-state index contributed by atoms with van der Waals surface area (Å²) in [6.07, 6.45) is 0. The Morgan fingerprint density at radius 3 is 2.47 bits per heavy atom. The van der Waals surface area contributed by atoms with Crippen LogP contribution in [0.15, 0.2) is 45.3 Å². The van der Waals surface area contributed by atoms with Gasteiger partial charge in [-0.25, -0.2) is 0 Å². The summed E-state index contributed by atoms with van der Waals surface area (Å²) in [7, 11) is 1.64.